The summed E-state index contributed by atoms with van der Waals surface area (Å²) in [4.78, 5) is 17.3. The minimum atomic E-state index is -0.467. The zero-order chi connectivity index (χ0) is 21.5. The average Bonchev–Trinajstić information content (AvgIpc) is 3.14. The van der Waals surface area contributed by atoms with Gasteiger partial charge in [0.15, 0.2) is 5.69 Å². The largest absolute Gasteiger partial charge is 0.464 e. The van der Waals surface area contributed by atoms with Crippen LogP contribution in [0, 0.1) is 20.8 Å². The second-order valence-electron chi connectivity index (χ2n) is 6.87. The van der Waals surface area contributed by atoms with Gasteiger partial charge in [-0.3, -0.25) is 0 Å². The molecule has 3 aromatic rings. The molecule has 29 heavy (non-hydrogen) atoms. The van der Waals surface area contributed by atoms with Gasteiger partial charge in [0.1, 0.15) is 0 Å². The van der Waals surface area contributed by atoms with Gasteiger partial charge < -0.3 is 4.74 Å². The van der Waals surface area contributed by atoms with Crippen molar-refractivity contribution in [2.24, 2.45) is 0 Å². The van der Waals surface area contributed by atoms with E-state index in [0.717, 1.165) is 26.6 Å². The van der Waals surface area contributed by atoms with Crippen LogP contribution in [0.15, 0.2) is 20.8 Å². The van der Waals surface area contributed by atoms with Gasteiger partial charge in [0.25, 0.3) is 0 Å². The molecule has 0 amide bonds. The molecule has 0 spiro atoms. The molecule has 0 aliphatic heterocycles. The molecule has 0 unspecified atom stereocenters. The SMILES string of the molecule is COC(=O)c1c(Br)c(C)nn1-c1nc(-c2c(C)cc(Cl)cc2C)c(SC(C)C)s1. The minimum Gasteiger partial charge on any atom is -0.464 e. The number of thioether (sulfide) groups is 1. The fraction of sp³-hybridized carbons (Fsp3) is 0.350. The number of hydrogen-bond donors (Lipinski definition) is 0. The predicted octanol–water partition coefficient (Wildman–Crippen LogP) is 6.62. The van der Waals surface area contributed by atoms with Gasteiger partial charge in [0.2, 0.25) is 5.13 Å². The Hall–Kier alpha value is -1.35. The van der Waals surface area contributed by atoms with E-state index in [4.69, 9.17) is 21.3 Å². The number of halogens is 2. The molecule has 2 heterocycles. The first-order valence-corrected chi connectivity index (χ1v) is 11.8. The van der Waals surface area contributed by atoms with Crippen molar-refractivity contribution in [2.45, 2.75) is 44.1 Å². The molecule has 0 aliphatic rings. The monoisotopic (exact) mass is 513 g/mol. The Morgan fingerprint density at radius 1 is 1.28 bits per heavy atom. The van der Waals surface area contributed by atoms with Gasteiger partial charge in [-0.15, -0.1) is 11.8 Å². The Kier molecular flexibility index (Phi) is 6.77. The number of ether oxygens (including phenoxy) is 1. The quantitative estimate of drug-likeness (QED) is 0.283. The van der Waals surface area contributed by atoms with Crippen LogP contribution in [0.1, 0.15) is 41.2 Å². The van der Waals surface area contributed by atoms with Crippen LogP contribution in [0.25, 0.3) is 16.4 Å². The van der Waals surface area contributed by atoms with E-state index in [9.17, 15) is 4.79 Å². The third-order valence-electron chi connectivity index (χ3n) is 4.21. The molecule has 0 saturated carbocycles. The summed E-state index contributed by atoms with van der Waals surface area (Å²) in [5.41, 5.74) is 5.08. The molecule has 0 aliphatic carbocycles. The van der Waals surface area contributed by atoms with Gasteiger partial charge in [-0.2, -0.15) is 9.78 Å². The Labute approximate surface area is 192 Å². The summed E-state index contributed by atoms with van der Waals surface area (Å²) >= 11 is 12.9. The molecule has 9 heteroatoms. The number of aromatic nitrogens is 3. The number of carbonyl (C=O) groups excluding carboxylic acids is 1. The minimum absolute atomic E-state index is 0.330. The van der Waals surface area contributed by atoms with Crippen molar-refractivity contribution in [1.29, 1.82) is 0 Å². The van der Waals surface area contributed by atoms with Gasteiger partial charge in [-0.25, -0.2) is 9.78 Å². The lowest BCUT2D eigenvalue weighted by Crippen LogP contribution is -2.10. The van der Waals surface area contributed by atoms with Crippen LogP contribution < -0.4 is 0 Å². The van der Waals surface area contributed by atoms with Crippen LogP contribution in [-0.2, 0) is 4.74 Å². The van der Waals surface area contributed by atoms with E-state index in [-0.39, 0.29) is 0 Å². The lowest BCUT2D eigenvalue weighted by Gasteiger charge is -2.11. The smallest absolute Gasteiger partial charge is 0.358 e. The number of carbonyl (C=O) groups is 1. The van der Waals surface area contributed by atoms with E-state index >= 15 is 0 Å². The van der Waals surface area contributed by atoms with Gasteiger partial charge in [-0.05, 0) is 60.0 Å². The van der Waals surface area contributed by atoms with E-state index in [1.165, 1.54) is 18.4 Å². The number of esters is 1. The van der Waals surface area contributed by atoms with Crippen molar-refractivity contribution >= 4 is 56.6 Å². The standard InChI is InChI=1S/C20H21BrClN3O2S2/c1-9(2)28-19-16(14-10(3)7-13(22)8-11(14)4)23-20(29-19)25-17(18(26)27-6)15(21)12(5)24-25/h7-9H,1-6H3. The summed E-state index contributed by atoms with van der Waals surface area (Å²) in [6, 6.07) is 3.89. The first-order chi connectivity index (χ1) is 13.6. The number of methoxy groups -OCH3 is 1. The lowest BCUT2D eigenvalue weighted by molar-refractivity contribution is 0.0589. The number of rotatable bonds is 5. The Bertz CT molecular complexity index is 1070. The van der Waals surface area contributed by atoms with Crippen molar-refractivity contribution in [2.75, 3.05) is 7.11 Å². The van der Waals surface area contributed by atoms with Gasteiger partial charge >= 0.3 is 5.97 Å². The molecule has 154 valence electrons. The summed E-state index contributed by atoms with van der Waals surface area (Å²) in [7, 11) is 1.36. The van der Waals surface area contributed by atoms with Crippen molar-refractivity contribution in [3.63, 3.8) is 0 Å². The fourth-order valence-electron chi connectivity index (χ4n) is 3.04. The van der Waals surface area contributed by atoms with E-state index in [0.29, 0.717) is 31.3 Å². The molecule has 0 bridgehead atoms. The number of nitrogens with zero attached hydrogens (tertiary/aromatic N) is 3. The average molecular weight is 515 g/mol. The maximum absolute atomic E-state index is 12.4. The van der Waals surface area contributed by atoms with Gasteiger partial charge in [0.05, 0.1) is 27.2 Å². The Balaban J connectivity index is 2.26. The van der Waals surface area contributed by atoms with Crippen LogP contribution in [0.4, 0.5) is 0 Å². The van der Waals surface area contributed by atoms with Crippen molar-refractivity contribution in [3.05, 3.63) is 44.1 Å². The molecule has 1 aromatic carbocycles. The molecule has 0 fully saturated rings. The molecular formula is C20H21BrClN3O2S2. The molecule has 2 aromatic heterocycles. The third kappa shape index (κ3) is 4.40. The van der Waals surface area contributed by atoms with Crippen LogP contribution >= 0.6 is 50.6 Å². The Morgan fingerprint density at radius 3 is 2.45 bits per heavy atom. The zero-order valence-corrected chi connectivity index (χ0v) is 20.9. The first kappa shape index (κ1) is 22.3. The highest BCUT2D eigenvalue weighted by Crippen LogP contribution is 2.42. The van der Waals surface area contributed by atoms with Gasteiger partial charge in [0, 0.05) is 15.8 Å². The molecular weight excluding hydrogens is 494 g/mol. The summed E-state index contributed by atoms with van der Waals surface area (Å²) < 4.78 is 8.20. The molecule has 5 nitrogen and oxygen atoms in total. The third-order valence-corrected chi connectivity index (χ3v) is 7.62. The second-order valence-corrected chi connectivity index (χ2v) is 10.9. The van der Waals surface area contributed by atoms with Crippen molar-refractivity contribution < 1.29 is 9.53 Å². The number of aryl methyl sites for hydroxylation is 3. The maximum atomic E-state index is 12.4. The fourth-order valence-corrected chi connectivity index (χ4v) is 6.22. The van der Waals surface area contributed by atoms with Gasteiger partial charge in [-0.1, -0.05) is 36.8 Å². The van der Waals surface area contributed by atoms with Crippen LogP contribution in [-0.4, -0.2) is 33.1 Å². The number of thiazole rings is 1. The topological polar surface area (TPSA) is 57.0 Å². The van der Waals surface area contributed by atoms with Crippen LogP contribution in [0.3, 0.4) is 0 Å². The maximum Gasteiger partial charge on any atom is 0.358 e. The Morgan fingerprint density at radius 2 is 1.90 bits per heavy atom. The van der Waals surface area contributed by atoms with Crippen molar-refractivity contribution in [3.8, 4) is 16.4 Å². The first-order valence-electron chi connectivity index (χ1n) is 8.92. The highest BCUT2D eigenvalue weighted by Gasteiger charge is 2.26. The highest BCUT2D eigenvalue weighted by molar-refractivity contribution is 9.10. The summed E-state index contributed by atoms with van der Waals surface area (Å²) in [6.07, 6.45) is 0. The predicted molar refractivity (Wildman–Crippen MR) is 124 cm³/mol. The molecule has 0 saturated heterocycles. The zero-order valence-electron chi connectivity index (χ0n) is 17.0. The molecule has 0 N–H and O–H groups in total. The normalized spacial score (nSPS) is 11.3. The summed E-state index contributed by atoms with van der Waals surface area (Å²) in [5.74, 6) is -0.467. The number of benzene rings is 1. The van der Waals surface area contributed by atoms with Crippen LogP contribution in [0.2, 0.25) is 5.02 Å². The lowest BCUT2D eigenvalue weighted by atomic mass is 10.0. The van der Waals surface area contributed by atoms with E-state index in [1.807, 2.05) is 32.9 Å². The second kappa shape index (κ2) is 8.79. The van der Waals surface area contributed by atoms with Crippen molar-refractivity contribution in [1.82, 2.24) is 14.8 Å². The molecule has 0 radical (unpaired) electrons. The summed E-state index contributed by atoms with van der Waals surface area (Å²) in [5, 5.41) is 6.22. The van der Waals surface area contributed by atoms with E-state index in [1.54, 1.807) is 16.4 Å². The molecule has 0 atom stereocenters. The van der Waals surface area contributed by atoms with E-state index in [2.05, 4.69) is 34.9 Å². The highest BCUT2D eigenvalue weighted by atomic mass is 79.9. The van der Waals surface area contributed by atoms with E-state index < -0.39 is 5.97 Å². The number of hydrogen-bond acceptors (Lipinski definition) is 6. The molecule has 3 rings (SSSR count). The summed E-state index contributed by atoms with van der Waals surface area (Å²) in [6.45, 7) is 10.2. The van der Waals surface area contributed by atoms with Crippen LogP contribution in [0.5, 0.6) is 0 Å².